The molecule has 1 amide bonds. The predicted molar refractivity (Wildman–Crippen MR) is 69.7 cm³/mol. The van der Waals surface area contributed by atoms with Crippen molar-refractivity contribution < 1.29 is 18.9 Å². The van der Waals surface area contributed by atoms with Crippen LogP contribution in [0.3, 0.4) is 0 Å². The van der Waals surface area contributed by atoms with Crippen LogP contribution in [0, 0.1) is 5.41 Å². The van der Waals surface area contributed by atoms with Gasteiger partial charge in [0, 0.05) is 41.8 Å². The molecule has 1 aliphatic heterocycles. The molecule has 1 N–H and O–H groups in total. The monoisotopic (exact) mass is 275 g/mol. The van der Waals surface area contributed by atoms with E-state index in [0.29, 0.717) is 37.4 Å². The molecule has 0 atom stereocenters. The second-order valence-electron chi connectivity index (χ2n) is 4.70. The Morgan fingerprint density at radius 1 is 1.22 bits per heavy atom. The van der Waals surface area contributed by atoms with E-state index < -0.39 is 22.2 Å². The second-order valence-corrected chi connectivity index (χ2v) is 6.39. The van der Waals surface area contributed by atoms with Crippen molar-refractivity contribution in [1.29, 1.82) is 0 Å². The standard InChI is InChI=1S/C12H21NO4S/c1-3-12(4-2,11(15)16)9-10(14)13-5-7-18(17)8-6-13/h3-9H2,1-2H3,(H,15,16). The number of amides is 1. The summed E-state index contributed by atoms with van der Waals surface area (Å²) < 4.78 is 11.2. The van der Waals surface area contributed by atoms with Crippen LogP contribution < -0.4 is 0 Å². The van der Waals surface area contributed by atoms with Gasteiger partial charge in [-0.1, -0.05) is 13.8 Å². The van der Waals surface area contributed by atoms with Crippen molar-refractivity contribution in [2.24, 2.45) is 5.41 Å². The highest BCUT2D eigenvalue weighted by molar-refractivity contribution is 7.85. The Hall–Kier alpha value is -0.910. The molecule has 1 rings (SSSR count). The predicted octanol–water partition coefficient (Wildman–Crippen LogP) is 0.858. The van der Waals surface area contributed by atoms with Crippen LogP contribution in [0.1, 0.15) is 33.1 Å². The van der Waals surface area contributed by atoms with Gasteiger partial charge in [0.25, 0.3) is 0 Å². The summed E-state index contributed by atoms with van der Waals surface area (Å²) in [6, 6.07) is 0. The molecule has 0 aromatic rings. The molecule has 6 heteroatoms. The largest absolute Gasteiger partial charge is 0.481 e. The maximum atomic E-state index is 12.1. The number of rotatable bonds is 5. The third-order valence-electron chi connectivity index (χ3n) is 3.83. The van der Waals surface area contributed by atoms with Crippen molar-refractivity contribution in [3.63, 3.8) is 0 Å². The second kappa shape index (κ2) is 6.31. The highest BCUT2D eigenvalue weighted by Gasteiger charge is 2.38. The lowest BCUT2D eigenvalue weighted by atomic mass is 9.79. The molecule has 1 fully saturated rings. The van der Waals surface area contributed by atoms with Crippen LogP contribution in [0.5, 0.6) is 0 Å². The Morgan fingerprint density at radius 2 is 1.72 bits per heavy atom. The van der Waals surface area contributed by atoms with Crippen LogP contribution in [0.15, 0.2) is 0 Å². The molecule has 104 valence electrons. The van der Waals surface area contributed by atoms with E-state index in [1.165, 1.54) is 0 Å². The highest BCUT2D eigenvalue weighted by Crippen LogP contribution is 2.31. The van der Waals surface area contributed by atoms with Gasteiger partial charge in [-0.15, -0.1) is 0 Å². The molecule has 0 aliphatic carbocycles. The number of hydrogen-bond donors (Lipinski definition) is 1. The number of hydrogen-bond acceptors (Lipinski definition) is 3. The Bertz CT molecular complexity index is 342. The average Bonchev–Trinajstić information content (AvgIpc) is 2.36. The third kappa shape index (κ3) is 3.31. The fourth-order valence-corrected chi connectivity index (χ4v) is 3.22. The van der Waals surface area contributed by atoms with Crippen molar-refractivity contribution in [3.8, 4) is 0 Å². The van der Waals surface area contributed by atoms with E-state index in [4.69, 9.17) is 0 Å². The summed E-state index contributed by atoms with van der Waals surface area (Å²) in [5, 5.41) is 9.29. The van der Waals surface area contributed by atoms with Gasteiger partial charge in [-0.3, -0.25) is 13.8 Å². The number of carbonyl (C=O) groups is 2. The number of carboxylic acid groups (broad SMARTS) is 1. The average molecular weight is 275 g/mol. The molecule has 0 unspecified atom stereocenters. The maximum Gasteiger partial charge on any atom is 0.310 e. The van der Waals surface area contributed by atoms with Crippen LogP contribution in [0.2, 0.25) is 0 Å². The van der Waals surface area contributed by atoms with Crippen molar-refractivity contribution in [2.45, 2.75) is 33.1 Å². The zero-order chi connectivity index (χ0) is 13.8. The van der Waals surface area contributed by atoms with Gasteiger partial charge in [-0.25, -0.2) is 0 Å². The molecule has 18 heavy (non-hydrogen) atoms. The lowest BCUT2D eigenvalue weighted by molar-refractivity contribution is -0.154. The molecule has 1 heterocycles. The minimum absolute atomic E-state index is 0.0436. The first-order valence-electron chi connectivity index (χ1n) is 6.31. The molecule has 0 spiro atoms. The molecular weight excluding hydrogens is 254 g/mol. The minimum Gasteiger partial charge on any atom is -0.481 e. The van der Waals surface area contributed by atoms with E-state index >= 15 is 0 Å². The van der Waals surface area contributed by atoms with Crippen LogP contribution >= 0.6 is 0 Å². The van der Waals surface area contributed by atoms with Gasteiger partial charge >= 0.3 is 5.97 Å². The topological polar surface area (TPSA) is 74.7 Å². The van der Waals surface area contributed by atoms with Crippen LogP contribution in [-0.4, -0.2) is 50.7 Å². The summed E-state index contributed by atoms with van der Waals surface area (Å²) in [5.41, 5.74) is -0.951. The van der Waals surface area contributed by atoms with Gasteiger partial charge in [0.05, 0.1) is 5.41 Å². The van der Waals surface area contributed by atoms with Crippen molar-refractivity contribution in [2.75, 3.05) is 24.6 Å². The molecule has 0 aromatic carbocycles. The first kappa shape index (κ1) is 15.1. The molecular formula is C12H21NO4S. The fraction of sp³-hybridized carbons (Fsp3) is 0.833. The van der Waals surface area contributed by atoms with Crippen molar-refractivity contribution in [1.82, 2.24) is 4.90 Å². The molecule has 0 aromatic heterocycles. The van der Waals surface area contributed by atoms with E-state index in [1.807, 2.05) is 0 Å². The lowest BCUT2D eigenvalue weighted by Crippen LogP contribution is -2.45. The normalized spacial score (nSPS) is 17.8. The summed E-state index contributed by atoms with van der Waals surface area (Å²) in [4.78, 5) is 25.1. The molecule has 0 saturated carbocycles. The van der Waals surface area contributed by atoms with Crippen molar-refractivity contribution >= 4 is 22.7 Å². The summed E-state index contributed by atoms with van der Waals surface area (Å²) in [5.74, 6) is -0.0204. The van der Waals surface area contributed by atoms with Gasteiger partial charge in [0.2, 0.25) is 5.91 Å². The maximum absolute atomic E-state index is 12.1. The van der Waals surface area contributed by atoms with E-state index in [9.17, 15) is 18.9 Å². The number of carboxylic acids is 1. The number of aliphatic carboxylic acids is 1. The van der Waals surface area contributed by atoms with Gasteiger partial charge in [-0.05, 0) is 12.8 Å². The van der Waals surface area contributed by atoms with Crippen LogP contribution in [0.25, 0.3) is 0 Å². The number of carbonyl (C=O) groups excluding carboxylic acids is 1. The van der Waals surface area contributed by atoms with E-state index in [-0.39, 0.29) is 12.3 Å². The highest BCUT2D eigenvalue weighted by atomic mass is 32.2. The molecule has 1 aliphatic rings. The Balaban J connectivity index is 2.67. The third-order valence-corrected chi connectivity index (χ3v) is 5.10. The summed E-state index contributed by atoms with van der Waals surface area (Å²) in [7, 11) is -0.823. The van der Waals surface area contributed by atoms with Gasteiger partial charge in [-0.2, -0.15) is 0 Å². The molecule has 5 nitrogen and oxygen atoms in total. The molecule has 0 bridgehead atoms. The van der Waals surface area contributed by atoms with Gasteiger partial charge < -0.3 is 10.0 Å². The zero-order valence-corrected chi connectivity index (χ0v) is 11.8. The SMILES string of the molecule is CCC(CC)(CC(=O)N1CCS(=O)CC1)C(=O)O. The Labute approximate surface area is 110 Å². The van der Waals surface area contributed by atoms with Crippen LogP contribution in [0.4, 0.5) is 0 Å². The van der Waals surface area contributed by atoms with Gasteiger partial charge in [0.15, 0.2) is 0 Å². The van der Waals surface area contributed by atoms with Crippen LogP contribution in [-0.2, 0) is 20.4 Å². The lowest BCUT2D eigenvalue weighted by Gasteiger charge is -2.31. The molecule has 0 radical (unpaired) electrons. The Kier molecular flexibility index (Phi) is 5.31. The summed E-state index contributed by atoms with van der Waals surface area (Å²) in [6.07, 6.45) is 0.941. The summed E-state index contributed by atoms with van der Waals surface area (Å²) in [6.45, 7) is 4.56. The first-order valence-corrected chi connectivity index (χ1v) is 7.80. The zero-order valence-electron chi connectivity index (χ0n) is 11.0. The molecule has 1 saturated heterocycles. The number of nitrogens with zero attached hydrogens (tertiary/aromatic N) is 1. The fourth-order valence-electron chi connectivity index (χ4n) is 2.17. The summed E-state index contributed by atoms with van der Waals surface area (Å²) >= 11 is 0. The smallest absolute Gasteiger partial charge is 0.310 e. The Morgan fingerprint density at radius 3 is 2.11 bits per heavy atom. The van der Waals surface area contributed by atoms with Gasteiger partial charge in [0.1, 0.15) is 0 Å². The van der Waals surface area contributed by atoms with E-state index in [1.54, 1.807) is 18.7 Å². The first-order chi connectivity index (χ1) is 8.45. The van der Waals surface area contributed by atoms with E-state index in [0.717, 1.165) is 0 Å². The minimum atomic E-state index is -0.951. The quantitative estimate of drug-likeness (QED) is 0.807. The van der Waals surface area contributed by atoms with Crippen molar-refractivity contribution in [3.05, 3.63) is 0 Å². The van der Waals surface area contributed by atoms with E-state index in [2.05, 4.69) is 0 Å².